The molecule has 11 nitrogen and oxygen atoms in total. The highest BCUT2D eigenvalue weighted by Crippen LogP contribution is 2.54. The second-order valence-electron chi connectivity index (χ2n) is 15.9. The number of hydrogen-bond acceptors (Lipinski definition) is 11. The van der Waals surface area contributed by atoms with Crippen LogP contribution in [0.25, 0.3) is 0 Å². The number of cyclic esters (lactones) is 1. The molecule has 6 aliphatic rings. The van der Waals surface area contributed by atoms with E-state index in [9.17, 15) is 9.59 Å². The second-order valence-corrected chi connectivity index (χ2v) is 15.9. The zero-order valence-corrected chi connectivity index (χ0v) is 32.0. The molecule has 51 heavy (non-hydrogen) atoms. The number of allylic oxidation sites excluding steroid dienone is 4. The maximum atomic E-state index is 14.6. The molecule has 0 radical (unpaired) electrons. The summed E-state index contributed by atoms with van der Waals surface area (Å²) in [6.07, 6.45) is 10.8. The van der Waals surface area contributed by atoms with E-state index in [2.05, 4.69) is 37.4 Å². The fourth-order valence-electron chi connectivity index (χ4n) is 10.1. The first-order valence-corrected chi connectivity index (χ1v) is 19.6. The third kappa shape index (κ3) is 8.21. The minimum Gasteiger partial charge on any atom is -0.462 e. The van der Waals surface area contributed by atoms with Crippen LogP contribution in [-0.2, 0) is 47.5 Å². The number of Topliss-reactive ketones (excluding diaryl/α,β-unsaturated/α-hetero) is 1. The Kier molecular flexibility index (Phi) is 13.1. The van der Waals surface area contributed by atoms with Gasteiger partial charge in [-0.05, 0) is 102 Å². The molecule has 17 atom stereocenters. The first kappa shape index (κ1) is 39.0. The molecule has 0 bridgehead atoms. The van der Waals surface area contributed by atoms with E-state index in [0.717, 1.165) is 50.5 Å². The van der Waals surface area contributed by atoms with E-state index in [1.807, 2.05) is 20.9 Å². The highest BCUT2D eigenvalue weighted by atomic mass is 16.7. The molecular weight excluding hydrogens is 654 g/mol. The van der Waals surface area contributed by atoms with Crippen molar-refractivity contribution in [1.82, 2.24) is 5.32 Å². The number of carbonyl (C=O) groups excluding carboxylic acids is 2. The van der Waals surface area contributed by atoms with Gasteiger partial charge in [-0.1, -0.05) is 32.1 Å². The van der Waals surface area contributed by atoms with E-state index in [1.165, 1.54) is 0 Å². The van der Waals surface area contributed by atoms with Crippen molar-refractivity contribution < 1.29 is 47.5 Å². The van der Waals surface area contributed by atoms with E-state index in [-0.39, 0.29) is 103 Å². The monoisotopic (exact) mass is 717 g/mol. The van der Waals surface area contributed by atoms with Crippen LogP contribution in [0.15, 0.2) is 23.8 Å². The van der Waals surface area contributed by atoms with Gasteiger partial charge in [0.25, 0.3) is 0 Å². The SMILES string of the molecule is CC[C@H]1CCC[C@@H](O[C@H]2CC[C@H](NC)[C@H](C)O2)[C@@H](C)C(=O)C2=C[C@@H]3[C@@H](C=C[C@@H]4C[C@@H](O[C@@H]5O[C@@H](C)[C@H](OC)[C@@H](OC)[C@H]5OC)C[C@@H]34)[C@@H]2CC(=O)O1. The minimum absolute atomic E-state index is 0.0241. The van der Waals surface area contributed by atoms with E-state index >= 15 is 0 Å². The van der Waals surface area contributed by atoms with E-state index < -0.39 is 12.4 Å². The summed E-state index contributed by atoms with van der Waals surface area (Å²) in [5, 5.41) is 3.34. The van der Waals surface area contributed by atoms with Crippen LogP contribution in [0.2, 0.25) is 0 Å². The molecule has 0 aromatic heterocycles. The topological polar surface area (TPSA) is 120 Å². The Bertz CT molecular complexity index is 1260. The highest BCUT2D eigenvalue weighted by Gasteiger charge is 2.52. The van der Waals surface area contributed by atoms with Gasteiger partial charge in [0, 0.05) is 39.2 Å². The largest absolute Gasteiger partial charge is 0.462 e. The number of hydrogen-bond donors (Lipinski definition) is 1. The maximum absolute atomic E-state index is 14.6. The van der Waals surface area contributed by atoms with Crippen molar-refractivity contribution in [2.75, 3.05) is 28.4 Å². The predicted molar refractivity (Wildman–Crippen MR) is 190 cm³/mol. The lowest BCUT2D eigenvalue weighted by Crippen LogP contribution is -2.59. The van der Waals surface area contributed by atoms with Crippen LogP contribution in [0, 0.1) is 35.5 Å². The van der Waals surface area contributed by atoms with Crippen LogP contribution < -0.4 is 5.32 Å². The molecular formula is C40H63NO10. The molecule has 288 valence electrons. The Hall–Kier alpha value is -1.70. The summed E-state index contributed by atoms with van der Waals surface area (Å²) in [4.78, 5) is 28.1. The quantitative estimate of drug-likeness (QED) is 0.252. The van der Waals surface area contributed by atoms with Crippen LogP contribution in [0.4, 0.5) is 0 Å². The summed E-state index contributed by atoms with van der Waals surface area (Å²) in [7, 11) is 6.93. The number of esters is 1. The minimum atomic E-state index is -0.593. The first-order chi connectivity index (χ1) is 24.6. The molecule has 0 unspecified atom stereocenters. The third-order valence-electron chi connectivity index (χ3n) is 13.0. The summed E-state index contributed by atoms with van der Waals surface area (Å²) >= 11 is 0. The summed E-state index contributed by atoms with van der Waals surface area (Å²) in [6.45, 7) is 8.12. The molecule has 4 fully saturated rings. The van der Waals surface area contributed by atoms with Crippen LogP contribution in [0.5, 0.6) is 0 Å². The van der Waals surface area contributed by atoms with Crippen LogP contribution in [-0.4, -0.2) is 108 Å². The van der Waals surface area contributed by atoms with Gasteiger partial charge < -0.3 is 43.2 Å². The van der Waals surface area contributed by atoms with Crippen molar-refractivity contribution in [1.29, 1.82) is 0 Å². The van der Waals surface area contributed by atoms with Gasteiger partial charge in [0.05, 0.1) is 30.8 Å². The Morgan fingerprint density at radius 3 is 2.29 bits per heavy atom. The Morgan fingerprint density at radius 1 is 0.843 bits per heavy atom. The summed E-state index contributed by atoms with van der Waals surface area (Å²) in [6, 6.07) is 0.288. The Balaban J connectivity index is 1.21. The number of fused-ring (bicyclic) bond motifs is 5. The molecule has 0 aromatic rings. The fraction of sp³-hybridized carbons (Fsp3) is 0.850. The molecule has 11 heteroatoms. The molecule has 3 saturated heterocycles. The Labute approximate surface area is 304 Å². The van der Waals surface area contributed by atoms with Gasteiger partial charge in [0.2, 0.25) is 0 Å². The maximum Gasteiger partial charge on any atom is 0.306 e. The number of rotatable bonds is 9. The molecule has 1 N–H and O–H groups in total. The van der Waals surface area contributed by atoms with Gasteiger partial charge in [-0.3, -0.25) is 9.59 Å². The van der Waals surface area contributed by atoms with Crippen molar-refractivity contribution in [2.24, 2.45) is 35.5 Å². The first-order valence-electron chi connectivity index (χ1n) is 19.6. The molecule has 1 saturated carbocycles. The van der Waals surface area contributed by atoms with Gasteiger partial charge in [-0.15, -0.1) is 0 Å². The molecule has 0 spiro atoms. The molecule has 0 amide bonds. The zero-order valence-electron chi connectivity index (χ0n) is 32.0. The molecule has 6 rings (SSSR count). The Morgan fingerprint density at radius 2 is 1.61 bits per heavy atom. The van der Waals surface area contributed by atoms with Gasteiger partial charge in [0.1, 0.15) is 24.4 Å². The van der Waals surface area contributed by atoms with Gasteiger partial charge in [-0.2, -0.15) is 0 Å². The summed E-state index contributed by atoms with van der Waals surface area (Å²) < 4.78 is 49.4. The fourth-order valence-corrected chi connectivity index (χ4v) is 10.1. The molecule has 3 aliphatic heterocycles. The summed E-state index contributed by atoms with van der Waals surface area (Å²) in [5.74, 6) is 0.0185. The van der Waals surface area contributed by atoms with Crippen molar-refractivity contribution in [3.05, 3.63) is 23.8 Å². The van der Waals surface area contributed by atoms with Gasteiger partial charge in [-0.25, -0.2) is 0 Å². The number of ketones is 1. The van der Waals surface area contributed by atoms with Crippen molar-refractivity contribution in [3.8, 4) is 0 Å². The number of ether oxygens (including phenoxy) is 8. The molecule has 3 heterocycles. The van der Waals surface area contributed by atoms with E-state index in [4.69, 9.17) is 37.9 Å². The number of methoxy groups -OCH3 is 3. The van der Waals surface area contributed by atoms with E-state index in [0.29, 0.717) is 12.3 Å². The number of carbonyl (C=O) groups is 2. The third-order valence-corrected chi connectivity index (χ3v) is 13.0. The lowest BCUT2D eigenvalue weighted by atomic mass is 9.70. The van der Waals surface area contributed by atoms with Crippen molar-refractivity contribution in [2.45, 2.75) is 153 Å². The molecule has 3 aliphatic carbocycles. The average Bonchev–Trinajstić information content (AvgIpc) is 3.70. The van der Waals surface area contributed by atoms with Crippen LogP contribution in [0.1, 0.15) is 85.5 Å². The normalized spacial score (nSPS) is 46.3. The van der Waals surface area contributed by atoms with Crippen molar-refractivity contribution in [3.63, 3.8) is 0 Å². The van der Waals surface area contributed by atoms with Gasteiger partial charge >= 0.3 is 5.97 Å². The number of nitrogens with one attached hydrogen (secondary N) is 1. The zero-order chi connectivity index (χ0) is 36.4. The lowest BCUT2D eigenvalue weighted by molar-refractivity contribution is -0.314. The van der Waals surface area contributed by atoms with E-state index in [1.54, 1.807) is 21.3 Å². The lowest BCUT2D eigenvalue weighted by Gasteiger charge is -2.44. The highest BCUT2D eigenvalue weighted by molar-refractivity contribution is 5.99. The summed E-state index contributed by atoms with van der Waals surface area (Å²) in [5.41, 5.74) is 0.761. The second kappa shape index (κ2) is 17.2. The van der Waals surface area contributed by atoms with Crippen LogP contribution >= 0.6 is 0 Å². The average molecular weight is 718 g/mol. The standard InChI is InChI=1S/C40H63NO10/c1-9-25-11-10-12-33(51-35-16-15-32(41-5)22(3)47-35)21(2)36(43)31-19-29-27(30(31)20-34(42)49-25)14-13-24-17-26(18-28(24)29)50-40-39(46-8)38(45-7)37(44-6)23(4)48-40/h13-14,19,21-30,32-33,35,37-41H,9-12,15-18,20H2,1-8H3/t21-,22+,23+,24-,25+,26-,27-,28-,29-,30+,32+,33-,35+,37+,38-,39-,40+/m1/s1. The van der Waals surface area contributed by atoms with Crippen molar-refractivity contribution >= 4 is 11.8 Å². The van der Waals surface area contributed by atoms with Crippen LogP contribution in [0.3, 0.4) is 0 Å². The predicted octanol–water partition coefficient (Wildman–Crippen LogP) is 5.15. The van der Waals surface area contributed by atoms with Gasteiger partial charge in [0.15, 0.2) is 18.4 Å². The number of likely N-dealkylation sites (N-methyl/N-ethyl adjacent to an activating group) is 1. The smallest absolute Gasteiger partial charge is 0.306 e. The molecule has 0 aromatic carbocycles.